The number of carbonyl (C=O) groups is 2. The van der Waals surface area contributed by atoms with Gasteiger partial charge in [0.15, 0.2) is 5.82 Å². The quantitative estimate of drug-likeness (QED) is 0.718. The third-order valence-electron chi connectivity index (χ3n) is 2.90. The molecule has 0 aliphatic heterocycles. The Bertz CT molecular complexity index is 734. The zero-order chi connectivity index (χ0) is 17.7. The molecular formula is C15H18FN5O2S. The van der Waals surface area contributed by atoms with E-state index in [1.165, 1.54) is 6.07 Å². The molecule has 0 radical (unpaired) electrons. The number of carbonyl (C=O) groups excluding carboxylic acids is 2. The Balaban J connectivity index is 1.98. The summed E-state index contributed by atoms with van der Waals surface area (Å²) in [6.45, 7) is 5.21. The van der Waals surface area contributed by atoms with E-state index >= 15 is 0 Å². The standard InChI is InChI=1S/C15H18FN5O2S/c1-8(2)17-14(23)19-13(22)9(3)24-15-18-12(20-21-15)10-6-4-5-7-11(10)16/h4-9H,1-3H3,(H,18,20,21)(H2,17,19,22,23)/t9-/m0/s1. The van der Waals surface area contributed by atoms with E-state index in [1.807, 2.05) is 0 Å². The third-order valence-corrected chi connectivity index (χ3v) is 3.86. The van der Waals surface area contributed by atoms with E-state index in [0.29, 0.717) is 10.7 Å². The van der Waals surface area contributed by atoms with Crippen molar-refractivity contribution in [1.82, 2.24) is 25.8 Å². The number of aromatic amines is 1. The van der Waals surface area contributed by atoms with Crippen LogP contribution in [0.1, 0.15) is 20.8 Å². The van der Waals surface area contributed by atoms with Gasteiger partial charge in [0.25, 0.3) is 0 Å². The zero-order valence-corrected chi connectivity index (χ0v) is 14.3. The first-order chi connectivity index (χ1) is 11.4. The van der Waals surface area contributed by atoms with Crippen molar-refractivity contribution in [3.05, 3.63) is 30.1 Å². The normalized spacial score (nSPS) is 12.0. The van der Waals surface area contributed by atoms with Crippen LogP contribution in [0.15, 0.2) is 29.4 Å². The highest BCUT2D eigenvalue weighted by molar-refractivity contribution is 8.00. The molecule has 3 N–H and O–H groups in total. The summed E-state index contributed by atoms with van der Waals surface area (Å²) in [6, 6.07) is 5.56. The summed E-state index contributed by atoms with van der Waals surface area (Å²) in [5, 5.41) is 11.1. The molecule has 1 atom stereocenters. The minimum atomic E-state index is -0.591. The Kier molecular flexibility index (Phi) is 5.91. The number of halogens is 1. The molecule has 7 nitrogen and oxygen atoms in total. The maximum Gasteiger partial charge on any atom is 0.321 e. The molecule has 128 valence electrons. The number of benzene rings is 1. The number of urea groups is 1. The fraction of sp³-hybridized carbons (Fsp3) is 0.333. The van der Waals surface area contributed by atoms with Gasteiger partial charge in [-0.15, -0.1) is 5.10 Å². The number of nitrogens with zero attached hydrogens (tertiary/aromatic N) is 2. The molecule has 0 bridgehead atoms. The van der Waals surface area contributed by atoms with E-state index in [4.69, 9.17) is 0 Å². The molecule has 0 saturated carbocycles. The predicted molar refractivity (Wildman–Crippen MR) is 88.9 cm³/mol. The zero-order valence-electron chi connectivity index (χ0n) is 13.5. The molecule has 0 fully saturated rings. The number of hydrogen-bond donors (Lipinski definition) is 3. The number of nitrogens with one attached hydrogen (secondary N) is 3. The highest BCUT2D eigenvalue weighted by atomic mass is 32.2. The van der Waals surface area contributed by atoms with E-state index in [1.54, 1.807) is 39.0 Å². The second kappa shape index (κ2) is 7.91. The summed E-state index contributed by atoms with van der Waals surface area (Å²) < 4.78 is 13.7. The molecule has 0 saturated heterocycles. The first-order valence-corrected chi connectivity index (χ1v) is 8.20. The second-order valence-electron chi connectivity index (χ2n) is 5.32. The van der Waals surface area contributed by atoms with Crippen molar-refractivity contribution >= 4 is 23.7 Å². The van der Waals surface area contributed by atoms with Crippen molar-refractivity contribution in [3.8, 4) is 11.4 Å². The van der Waals surface area contributed by atoms with Gasteiger partial charge >= 0.3 is 6.03 Å². The number of H-pyrrole nitrogens is 1. The lowest BCUT2D eigenvalue weighted by molar-refractivity contribution is -0.119. The van der Waals surface area contributed by atoms with Gasteiger partial charge < -0.3 is 5.32 Å². The third kappa shape index (κ3) is 4.79. The van der Waals surface area contributed by atoms with Crippen molar-refractivity contribution in [2.24, 2.45) is 0 Å². The summed E-state index contributed by atoms with van der Waals surface area (Å²) in [7, 11) is 0. The summed E-state index contributed by atoms with van der Waals surface area (Å²) in [5.41, 5.74) is 0.297. The lowest BCUT2D eigenvalue weighted by atomic mass is 10.2. The molecule has 24 heavy (non-hydrogen) atoms. The maximum atomic E-state index is 13.7. The average Bonchev–Trinajstić information content (AvgIpc) is 2.94. The average molecular weight is 351 g/mol. The second-order valence-corrected chi connectivity index (χ2v) is 6.63. The van der Waals surface area contributed by atoms with Crippen LogP contribution in [-0.4, -0.2) is 38.4 Å². The van der Waals surface area contributed by atoms with Crippen LogP contribution in [0.5, 0.6) is 0 Å². The molecule has 1 aromatic carbocycles. The van der Waals surface area contributed by atoms with Crippen molar-refractivity contribution in [1.29, 1.82) is 0 Å². The van der Waals surface area contributed by atoms with Crippen molar-refractivity contribution in [2.75, 3.05) is 0 Å². The van der Waals surface area contributed by atoms with Gasteiger partial charge in [-0.2, -0.15) is 0 Å². The van der Waals surface area contributed by atoms with E-state index in [9.17, 15) is 14.0 Å². The largest absolute Gasteiger partial charge is 0.336 e. The van der Waals surface area contributed by atoms with E-state index in [-0.39, 0.29) is 11.9 Å². The van der Waals surface area contributed by atoms with E-state index in [2.05, 4.69) is 25.8 Å². The SMILES string of the molecule is CC(C)NC(=O)NC(=O)[C@H](C)Sc1n[nH]c(-c2ccccc2F)n1. The van der Waals surface area contributed by atoms with Gasteiger partial charge in [-0.1, -0.05) is 23.9 Å². The first-order valence-electron chi connectivity index (χ1n) is 7.32. The van der Waals surface area contributed by atoms with Crippen molar-refractivity contribution in [3.63, 3.8) is 0 Å². The minimum absolute atomic E-state index is 0.0721. The van der Waals surface area contributed by atoms with Gasteiger partial charge in [0.2, 0.25) is 11.1 Å². The van der Waals surface area contributed by atoms with Crippen LogP contribution in [0.2, 0.25) is 0 Å². The molecule has 1 heterocycles. The molecular weight excluding hydrogens is 333 g/mol. The Morgan fingerprint density at radius 2 is 1.96 bits per heavy atom. The van der Waals surface area contributed by atoms with Gasteiger partial charge in [0.1, 0.15) is 5.82 Å². The Morgan fingerprint density at radius 1 is 1.25 bits per heavy atom. The summed E-state index contributed by atoms with van der Waals surface area (Å²) >= 11 is 1.07. The van der Waals surface area contributed by atoms with Crippen LogP contribution in [0.4, 0.5) is 9.18 Å². The van der Waals surface area contributed by atoms with E-state index < -0.39 is 23.0 Å². The Hall–Kier alpha value is -2.42. The van der Waals surface area contributed by atoms with Gasteiger partial charge in [-0.3, -0.25) is 15.2 Å². The van der Waals surface area contributed by atoms with Gasteiger partial charge in [0.05, 0.1) is 10.8 Å². The fourth-order valence-electron chi connectivity index (χ4n) is 1.80. The van der Waals surface area contributed by atoms with Crippen LogP contribution < -0.4 is 10.6 Å². The smallest absolute Gasteiger partial charge is 0.321 e. The highest BCUT2D eigenvalue weighted by Gasteiger charge is 2.20. The fourth-order valence-corrected chi connectivity index (χ4v) is 2.52. The number of hydrogen-bond acceptors (Lipinski definition) is 5. The molecule has 0 aliphatic carbocycles. The van der Waals surface area contributed by atoms with Gasteiger partial charge in [-0.25, -0.2) is 14.2 Å². The molecule has 3 amide bonds. The molecule has 0 aliphatic rings. The molecule has 2 rings (SSSR count). The van der Waals surface area contributed by atoms with Crippen LogP contribution >= 0.6 is 11.8 Å². The van der Waals surface area contributed by atoms with Crippen LogP contribution in [0.25, 0.3) is 11.4 Å². The summed E-state index contributed by atoms with van der Waals surface area (Å²) in [6.07, 6.45) is 0. The minimum Gasteiger partial charge on any atom is -0.336 e. The van der Waals surface area contributed by atoms with Crippen LogP contribution in [-0.2, 0) is 4.79 Å². The number of rotatable bonds is 5. The predicted octanol–water partition coefficient (Wildman–Crippen LogP) is 2.33. The lowest BCUT2D eigenvalue weighted by Crippen LogP contribution is -2.45. The number of amides is 3. The first kappa shape index (κ1) is 17.9. The van der Waals surface area contributed by atoms with E-state index in [0.717, 1.165) is 11.8 Å². The summed E-state index contributed by atoms with van der Waals surface area (Å²) in [4.78, 5) is 27.6. The van der Waals surface area contributed by atoms with Gasteiger partial charge in [0, 0.05) is 6.04 Å². The molecule has 0 unspecified atom stereocenters. The number of aromatic nitrogens is 3. The molecule has 2 aromatic rings. The molecule has 0 spiro atoms. The summed E-state index contributed by atoms with van der Waals surface area (Å²) in [5.74, 6) is -0.600. The highest BCUT2D eigenvalue weighted by Crippen LogP contribution is 2.24. The number of imide groups is 1. The topological polar surface area (TPSA) is 99.8 Å². The van der Waals surface area contributed by atoms with Crippen molar-refractivity contribution in [2.45, 2.75) is 37.2 Å². The Labute approximate surface area is 142 Å². The molecule has 1 aromatic heterocycles. The number of thioether (sulfide) groups is 1. The van der Waals surface area contributed by atoms with Crippen LogP contribution in [0.3, 0.4) is 0 Å². The lowest BCUT2D eigenvalue weighted by Gasteiger charge is -2.11. The van der Waals surface area contributed by atoms with Gasteiger partial charge in [-0.05, 0) is 32.9 Å². The maximum absolute atomic E-state index is 13.7. The van der Waals surface area contributed by atoms with Crippen LogP contribution in [0, 0.1) is 5.82 Å². The monoisotopic (exact) mass is 351 g/mol. The molecule has 9 heteroatoms. The Morgan fingerprint density at radius 3 is 2.62 bits per heavy atom. The van der Waals surface area contributed by atoms with Crippen molar-refractivity contribution < 1.29 is 14.0 Å².